The quantitative estimate of drug-likeness (QED) is 0.860. The first-order valence-corrected chi connectivity index (χ1v) is 6.20. The lowest BCUT2D eigenvalue weighted by Crippen LogP contribution is -2.14. The van der Waals surface area contributed by atoms with E-state index in [0.717, 1.165) is 18.7 Å². The monoisotopic (exact) mass is 259 g/mol. The van der Waals surface area contributed by atoms with E-state index in [1.165, 1.54) is 0 Å². The molecule has 0 atom stereocenters. The standard InChI is InChI=1S/C13H17N5O/c1-3-7-14-10-4-5-11(15-9-10)13(19)16-12-6-8-18(2)17-12/h4-6,8-9,14H,3,7H2,1-2H3,(H,16,17,19). The van der Waals surface area contributed by atoms with Gasteiger partial charge in [-0.05, 0) is 18.6 Å². The third-order valence-corrected chi connectivity index (χ3v) is 2.53. The number of amides is 1. The summed E-state index contributed by atoms with van der Waals surface area (Å²) in [6.07, 6.45) is 4.46. The van der Waals surface area contributed by atoms with Crippen LogP contribution in [0.4, 0.5) is 11.5 Å². The minimum absolute atomic E-state index is 0.263. The molecule has 2 N–H and O–H groups in total. The minimum Gasteiger partial charge on any atom is -0.384 e. The van der Waals surface area contributed by atoms with Crippen LogP contribution < -0.4 is 10.6 Å². The number of carbonyl (C=O) groups is 1. The van der Waals surface area contributed by atoms with Gasteiger partial charge in [-0.2, -0.15) is 5.10 Å². The molecule has 0 fully saturated rings. The maximum atomic E-state index is 11.9. The number of hydrogen-bond donors (Lipinski definition) is 2. The van der Waals surface area contributed by atoms with Crippen molar-refractivity contribution in [3.63, 3.8) is 0 Å². The second kappa shape index (κ2) is 5.99. The predicted octanol–water partition coefficient (Wildman–Crippen LogP) is 1.89. The molecule has 6 heteroatoms. The number of pyridine rings is 1. The molecule has 2 heterocycles. The van der Waals surface area contributed by atoms with Gasteiger partial charge < -0.3 is 10.6 Å². The number of hydrogen-bond acceptors (Lipinski definition) is 4. The van der Waals surface area contributed by atoms with Gasteiger partial charge in [0.2, 0.25) is 0 Å². The summed E-state index contributed by atoms with van der Waals surface area (Å²) in [5, 5.41) is 9.97. The molecule has 0 aromatic carbocycles. The van der Waals surface area contributed by atoms with E-state index in [1.54, 1.807) is 36.3 Å². The number of anilines is 2. The summed E-state index contributed by atoms with van der Waals surface area (Å²) < 4.78 is 1.63. The zero-order chi connectivity index (χ0) is 13.7. The lowest BCUT2D eigenvalue weighted by molar-refractivity contribution is 0.102. The van der Waals surface area contributed by atoms with Crippen molar-refractivity contribution < 1.29 is 4.79 Å². The molecular formula is C13H17N5O. The van der Waals surface area contributed by atoms with E-state index in [-0.39, 0.29) is 5.91 Å². The topological polar surface area (TPSA) is 71.8 Å². The van der Waals surface area contributed by atoms with Crippen LogP contribution in [0.3, 0.4) is 0 Å². The van der Waals surface area contributed by atoms with E-state index in [2.05, 4.69) is 27.6 Å². The van der Waals surface area contributed by atoms with Gasteiger partial charge in [0, 0.05) is 25.9 Å². The second-order valence-corrected chi connectivity index (χ2v) is 4.19. The van der Waals surface area contributed by atoms with Crippen LogP contribution in [0.1, 0.15) is 23.8 Å². The van der Waals surface area contributed by atoms with Gasteiger partial charge in [0.1, 0.15) is 5.69 Å². The largest absolute Gasteiger partial charge is 0.384 e. The van der Waals surface area contributed by atoms with Gasteiger partial charge >= 0.3 is 0 Å². The van der Waals surface area contributed by atoms with Gasteiger partial charge in [-0.25, -0.2) is 4.98 Å². The summed E-state index contributed by atoms with van der Waals surface area (Å²) in [7, 11) is 1.79. The Balaban J connectivity index is 1.99. The molecule has 2 aromatic rings. The highest BCUT2D eigenvalue weighted by molar-refractivity contribution is 6.02. The summed E-state index contributed by atoms with van der Waals surface area (Å²) in [4.78, 5) is 16.0. The molecule has 0 aliphatic carbocycles. The Morgan fingerprint density at radius 1 is 1.37 bits per heavy atom. The maximum Gasteiger partial charge on any atom is 0.275 e. The zero-order valence-corrected chi connectivity index (χ0v) is 11.1. The highest BCUT2D eigenvalue weighted by atomic mass is 16.1. The van der Waals surface area contributed by atoms with Crippen LogP contribution in [-0.2, 0) is 7.05 Å². The Morgan fingerprint density at radius 3 is 2.79 bits per heavy atom. The Labute approximate surface area is 111 Å². The lowest BCUT2D eigenvalue weighted by atomic mass is 10.3. The first-order valence-electron chi connectivity index (χ1n) is 6.20. The van der Waals surface area contributed by atoms with Crippen molar-refractivity contribution in [3.8, 4) is 0 Å². The number of rotatable bonds is 5. The van der Waals surface area contributed by atoms with Crippen LogP contribution in [0.2, 0.25) is 0 Å². The van der Waals surface area contributed by atoms with Crippen LogP contribution in [0.15, 0.2) is 30.6 Å². The SMILES string of the molecule is CCCNc1ccc(C(=O)Nc2ccn(C)n2)nc1. The van der Waals surface area contributed by atoms with E-state index >= 15 is 0 Å². The lowest BCUT2D eigenvalue weighted by Gasteiger charge is -2.05. The Bertz CT molecular complexity index is 546. The van der Waals surface area contributed by atoms with E-state index in [4.69, 9.17) is 0 Å². The molecule has 0 bridgehead atoms. The third kappa shape index (κ3) is 3.54. The summed E-state index contributed by atoms with van der Waals surface area (Å²) in [5.74, 6) is 0.253. The van der Waals surface area contributed by atoms with Crippen molar-refractivity contribution in [2.24, 2.45) is 7.05 Å². The number of nitrogens with one attached hydrogen (secondary N) is 2. The number of nitrogens with zero attached hydrogens (tertiary/aromatic N) is 3. The third-order valence-electron chi connectivity index (χ3n) is 2.53. The Hall–Kier alpha value is -2.37. The fraction of sp³-hybridized carbons (Fsp3) is 0.308. The molecule has 0 unspecified atom stereocenters. The molecule has 6 nitrogen and oxygen atoms in total. The van der Waals surface area contributed by atoms with Crippen LogP contribution in [0.25, 0.3) is 0 Å². The summed E-state index contributed by atoms with van der Waals surface area (Å²) >= 11 is 0. The summed E-state index contributed by atoms with van der Waals surface area (Å²) in [6.45, 7) is 2.98. The molecular weight excluding hydrogens is 242 g/mol. The molecule has 2 aromatic heterocycles. The molecule has 0 saturated carbocycles. The van der Waals surface area contributed by atoms with Gasteiger partial charge in [0.15, 0.2) is 5.82 Å². The van der Waals surface area contributed by atoms with E-state index in [9.17, 15) is 4.79 Å². The van der Waals surface area contributed by atoms with Gasteiger partial charge in [-0.15, -0.1) is 0 Å². The number of aryl methyl sites for hydroxylation is 1. The minimum atomic E-state index is -0.263. The number of carbonyl (C=O) groups excluding carboxylic acids is 1. The number of aromatic nitrogens is 3. The molecule has 0 saturated heterocycles. The van der Waals surface area contributed by atoms with E-state index < -0.39 is 0 Å². The molecule has 2 rings (SSSR count). The van der Waals surface area contributed by atoms with Crippen LogP contribution >= 0.6 is 0 Å². The predicted molar refractivity (Wildman–Crippen MR) is 74.2 cm³/mol. The second-order valence-electron chi connectivity index (χ2n) is 4.19. The normalized spacial score (nSPS) is 10.2. The Kier molecular flexibility index (Phi) is 4.12. The molecule has 0 aliphatic heterocycles. The van der Waals surface area contributed by atoms with Crippen molar-refractivity contribution in [1.29, 1.82) is 0 Å². The van der Waals surface area contributed by atoms with Gasteiger partial charge in [0.05, 0.1) is 11.9 Å². The molecule has 0 aliphatic rings. The molecule has 0 spiro atoms. The molecule has 100 valence electrons. The molecule has 0 radical (unpaired) electrons. The van der Waals surface area contributed by atoms with Crippen molar-refractivity contribution in [1.82, 2.24) is 14.8 Å². The van der Waals surface area contributed by atoms with Gasteiger partial charge in [-0.3, -0.25) is 9.48 Å². The van der Waals surface area contributed by atoms with Gasteiger partial charge in [0.25, 0.3) is 5.91 Å². The fourth-order valence-electron chi connectivity index (χ4n) is 1.56. The fourth-order valence-corrected chi connectivity index (χ4v) is 1.56. The van der Waals surface area contributed by atoms with Crippen molar-refractivity contribution in [3.05, 3.63) is 36.3 Å². The first kappa shape index (κ1) is 13.1. The average Bonchev–Trinajstić information content (AvgIpc) is 2.82. The zero-order valence-electron chi connectivity index (χ0n) is 11.1. The maximum absolute atomic E-state index is 11.9. The summed E-state index contributed by atoms with van der Waals surface area (Å²) in [6, 6.07) is 5.27. The summed E-state index contributed by atoms with van der Waals surface area (Å²) in [5.41, 5.74) is 1.28. The molecule has 19 heavy (non-hydrogen) atoms. The van der Waals surface area contributed by atoms with Crippen LogP contribution in [0, 0.1) is 0 Å². The average molecular weight is 259 g/mol. The smallest absolute Gasteiger partial charge is 0.275 e. The highest BCUT2D eigenvalue weighted by Crippen LogP contribution is 2.08. The van der Waals surface area contributed by atoms with E-state index in [0.29, 0.717) is 11.5 Å². The van der Waals surface area contributed by atoms with E-state index in [1.807, 2.05) is 6.07 Å². The van der Waals surface area contributed by atoms with Crippen LogP contribution in [0.5, 0.6) is 0 Å². The first-order chi connectivity index (χ1) is 9.19. The van der Waals surface area contributed by atoms with Crippen molar-refractivity contribution in [2.45, 2.75) is 13.3 Å². The highest BCUT2D eigenvalue weighted by Gasteiger charge is 2.08. The van der Waals surface area contributed by atoms with Crippen molar-refractivity contribution >= 4 is 17.4 Å². The Morgan fingerprint density at radius 2 is 2.21 bits per heavy atom. The van der Waals surface area contributed by atoms with Gasteiger partial charge in [-0.1, -0.05) is 6.92 Å². The van der Waals surface area contributed by atoms with Crippen molar-refractivity contribution in [2.75, 3.05) is 17.2 Å². The molecule has 1 amide bonds. The van der Waals surface area contributed by atoms with Crippen LogP contribution in [-0.4, -0.2) is 27.2 Å².